The van der Waals surface area contributed by atoms with Crippen molar-refractivity contribution in [3.05, 3.63) is 52.4 Å². The molecule has 0 spiro atoms. The molecule has 2 aromatic rings. The third-order valence-electron chi connectivity index (χ3n) is 6.59. The fourth-order valence-corrected chi connectivity index (χ4v) is 4.78. The lowest BCUT2D eigenvalue weighted by Crippen LogP contribution is -2.49. The van der Waals surface area contributed by atoms with Crippen LogP contribution in [0.15, 0.2) is 42.2 Å². The Morgan fingerprint density at radius 3 is 2.50 bits per heavy atom. The van der Waals surface area contributed by atoms with Crippen molar-refractivity contribution in [2.45, 2.75) is 27.7 Å². The van der Waals surface area contributed by atoms with Crippen molar-refractivity contribution in [1.29, 1.82) is 0 Å². The highest BCUT2D eigenvalue weighted by Crippen LogP contribution is 2.60. The minimum atomic E-state index is -0.370. The van der Waals surface area contributed by atoms with Gasteiger partial charge in [-0.3, -0.25) is 19.9 Å². The molecule has 1 saturated heterocycles. The van der Waals surface area contributed by atoms with Gasteiger partial charge in [-0.1, -0.05) is 25.5 Å². The van der Waals surface area contributed by atoms with Gasteiger partial charge in [-0.15, -0.1) is 0 Å². The van der Waals surface area contributed by atoms with E-state index < -0.39 is 0 Å². The van der Waals surface area contributed by atoms with E-state index in [2.05, 4.69) is 43.7 Å². The molecule has 1 aliphatic heterocycles. The Morgan fingerprint density at radius 2 is 1.87 bits per heavy atom. The van der Waals surface area contributed by atoms with Gasteiger partial charge in [-0.2, -0.15) is 0 Å². The molecule has 0 unspecified atom stereocenters. The molecule has 30 heavy (non-hydrogen) atoms. The summed E-state index contributed by atoms with van der Waals surface area (Å²) in [6.45, 7) is 11.3. The van der Waals surface area contributed by atoms with Crippen LogP contribution in [0.25, 0.3) is 10.8 Å². The molecule has 1 aromatic heterocycles. The van der Waals surface area contributed by atoms with Crippen LogP contribution in [0.3, 0.4) is 0 Å². The van der Waals surface area contributed by atoms with Crippen LogP contribution in [0, 0.1) is 27.4 Å². The summed E-state index contributed by atoms with van der Waals surface area (Å²) < 4.78 is 0. The number of nitro groups is 1. The van der Waals surface area contributed by atoms with Gasteiger partial charge in [0.15, 0.2) is 0 Å². The van der Waals surface area contributed by atoms with E-state index in [1.807, 2.05) is 17.0 Å². The fraction of sp³-hybridized carbons (Fsp3) is 0.478. The average Bonchev–Trinajstić information content (AvgIpc) is 3.25. The molecule has 0 N–H and O–H groups in total. The number of pyridine rings is 1. The standard InChI is InChI=1S/C23H28N4O3/c1-15(2)13-18-21(23(18,3)4)22(28)26-11-9-25(10-12-26)19-5-6-20(27(29)30)17-14-24-8-7-16(17)19/h5-8,13-14,18,21H,9-12H2,1-4H3/t18-,21+/m1/s1. The number of hydrogen-bond donors (Lipinski definition) is 0. The molecule has 1 aliphatic carbocycles. The summed E-state index contributed by atoms with van der Waals surface area (Å²) in [5.74, 6) is 0.629. The molecule has 1 amide bonds. The Bertz CT molecular complexity index is 1030. The van der Waals surface area contributed by atoms with Gasteiger partial charge in [0.25, 0.3) is 5.69 Å². The maximum absolute atomic E-state index is 13.1. The first-order chi connectivity index (χ1) is 14.2. The maximum Gasteiger partial charge on any atom is 0.278 e. The Labute approximate surface area is 176 Å². The first-order valence-corrected chi connectivity index (χ1v) is 10.4. The van der Waals surface area contributed by atoms with Gasteiger partial charge in [-0.25, -0.2) is 0 Å². The van der Waals surface area contributed by atoms with E-state index in [9.17, 15) is 14.9 Å². The molecule has 158 valence electrons. The van der Waals surface area contributed by atoms with E-state index in [4.69, 9.17) is 0 Å². The number of non-ortho nitro benzene ring substituents is 1. The van der Waals surface area contributed by atoms with E-state index in [1.165, 1.54) is 5.57 Å². The number of amides is 1. The lowest BCUT2D eigenvalue weighted by molar-refractivity contribution is -0.383. The van der Waals surface area contributed by atoms with Gasteiger partial charge in [0.05, 0.1) is 16.2 Å². The highest BCUT2D eigenvalue weighted by Gasteiger charge is 2.61. The zero-order valence-corrected chi connectivity index (χ0v) is 18.0. The SMILES string of the molecule is CC(C)=C[C@@H]1[C@@H](C(=O)N2CCN(c3ccc([N+](=O)[O-])c4cnccc34)CC2)C1(C)C. The average molecular weight is 409 g/mol. The van der Waals surface area contributed by atoms with Crippen molar-refractivity contribution in [2.24, 2.45) is 17.3 Å². The number of benzene rings is 1. The van der Waals surface area contributed by atoms with E-state index in [-0.39, 0.29) is 27.9 Å². The number of nitro benzene ring substituents is 1. The maximum atomic E-state index is 13.1. The molecule has 7 nitrogen and oxygen atoms in total. The summed E-state index contributed by atoms with van der Waals surface area (Å²) in [5.41, 5.74) is 2.30. The highest BCUT2D eigenvalue weighted by molar-refractivity contribution is 5.99. The topological polar surface area (TPSA) is 79.6 Å². The van der Waals surface area contributed by atoms with Gasteiger partial charge < -0.3 is 9.80 Å². The van der Waals surface area contributed by atoms with Crippen LogP contribution in [0.2, 0.25) is 0 Å². The Morgan fingerprint density at radius 1 is 1.17 bits per heavy atom. The second kappa shape index (κ2) is 7.38. The van der Waals surface area contributed by atoms with Crippen LogP contribution >= 0.6 is 0 Å². The number of fused-ring (bicyclic) bond motifs is 1. The number of anilines is 1. The minimum absolute atomic E-state index is 0.0209. The van der Waals surface area contributed by atoms with Crippen LogP contribution in [0.1, 0.15) is 27.7 Å². The largest absolute Gasteiger partial charge is 0.367 e. The minimum Gasteiger partial charge on any atom is -0.367 e. The zero-order chi connectivity index (χ0) is 21.6. The fourth-order valence-electron chi connectivity index (χ4n) is 4.78. The molecule has 7 heteroatoms. The third-order valence-corrected chi connectivity index (χ3v) is 6.59. The number of hydrogen-bond acceptors (Lipinski definition) is 5. The van der Waals surface area contributed by atoms with E-state index in [1.54, 1.807) is 18.5 Å². The van der Waals surface area contributed by atoms with Crippen molar-refractivity contribution in [3.8, 4) is 0 Å². The van der Waals surface area contributed by atoms with Crippen LogP contribution in [0.5, 0.6) is 0 Å². The lowest BCUT2D eigenvalue weighted by atomic mass is 10.1. The Balaban J connectivity index is 1.50. The number of piperazine rings is 1. The predicted molar refractivity (Wildman–Crippen MR) is 117 cm³/mol. The molecule has 4 rings (SSSR count). The van der Waals surface area contributed by atoms with E-state index in [0.717, 1.165) is 11.1 Å². The zero-order valence-electron chi connectivity index (χ0n) is 18.0. The normalized spacial score (nSPS) is 22.7. The summed E-state index contributed by atoms with van der Waals surface area (Å²) in [7, 11) is 0. The molecular weight excluding hydrogens is 380 g/mol. The van der Waals surface area contributed by atoms with Crippen molar-refractivity contribution in [3.63, 3.8) is 0 Å². The lowest BCUT2D eigenvalue weighted by Gasteiger charge is -2.37. The first kappa shape index (κ1) is 20.3. The van der Waals surface area contributed by atoms with Crippen LogP contribution in [0.4, 0.5) is 11.4 Å². The van der Waals surface area contributed by atoms with Crippen molar-refractivity contribution in [1.82, 2.24) is 9.88 Å². The van der Waals surface area contributed by atoms with Gasteiger partial charge in [0.2, 0.25) is 5.91 Å². The molecule has 2 atom stereocenters. The van der Waals surface area contributed by atoms with E-state index in [0.29, 0.717) is 37.5 Å². The van der Waals surface area contributed by atoms with Gasteiger partial charge >= 0.3 is 0 Å². The smallest absolute Gasteiger partial charge is 0.278 e. The predicted octanol–water partition coefficient (Wildman–Crippen LogP) is 4.03. The number of rotatable bonds is 4. The van der Waals surface area contributed by atoms with Crippen LogP contribution in [-0.2, 0) is 4.79 Å². The Kier molecular flexibility index (Phi) is 5.00. The number of allylic oxidation sites excluding steroid dienone is 2. The molecule has 2 aliphatic rings. The first-order valence-electron chi connectivity index (χ1n) is 10.4. The number of carbonyl (C=O) groups is 1. The summed E-state index contributed by atoms with van der Waals surface area (Å²) in [6.07, 6.45) is 5.44. The second-order valence-corrected chi connectivity index (χ2v) is 9.16. The number of carbonyl (C=O) groups excluding carboxylic acids is 1. The van der Waals surface area contributed by atoms with Crippen molar-refractivity contribution in [2.75, 3.05) is 31.1 Å². The molecule has 0 bridgehead atoms. The van der Waals surface area contributed by atoms with Crippen molar-refractivity contribution >= 4 is 28.1 Å². The molecule has 2 fully saturated rings. The molecular formula is C23H28N4O3. The second-order valence-electron chi connectivity index (χ2n) is 9.16. The van der Waals surface area contributed by atoms with Crippen molar-refractivity contribution < 1.29 is 9.72 Å². The number of aromatic nitrogens is 1. The van der Waals surface area contributed by atoms with Crippen LogP contribution in [-0.4, -0.2) is 46.9 Å². The summed E-state index contributed by atoms with van der Waals surface area (Å²) in [6, 6.07) is 5.19. The molecule has 0 radical (unpaired) electrons. The van der Waals surface area contributed by atoms with E-state index >= 15 is 0 Å². The summed E-state index contributed by atoms with van der Waals surface area (Å²) in [5, 5.41) is 12.7. The van der Waals surface area contributed by atoms with Gasteiger partial charge in [0.1, 0.15) is 0 Å². The quantitative estimate of drug-likeness (QED) is 0.433. The number of nitrogens with zero attached hydrogens (tertiary/aromatic N) is 4. The molecule has 1 aromatic carbocycles. The monoisotopic (exact) mass is 408 g/mol. The molecule has 2 heterocycles. The van der Waals surface area contributed by atoms with Crippen LogP contribution < -0.4 is 4.90 Å². The van der Waals surface area contributed by atoms with Gasteiger partial charge in [-0.05, 0) is 37.3 Å². The van der Waals surface area contributed by atoms with Gasteiger partial charge in [0, 0.05) is 55.7 Å². The summed E-state index contributed by atoms with van der Waals surface area (Å²) >= 11 is 0. The highest BCUT2D eigenvalue weighted by atomic mass is 16.6. The third kappa shape index (κ3) is 3.42. The molecule has 1 saturated carbocycles. The Hall–Kier alpha value is -2.96. The summed E-state index contributed by atoms with van der Waals surface area (Å²) in [4.78, 5) is 32.4.